The summed E-state index contributed by atoms with van der Waals surface area (Å²) in [5, 5.41) is 7.19. The molecule has 8 nitrogen and oxygen atoms in total. The Morgan fingerprint density at radius 1 is 1.31 bits per heavy atom. The Balaban J connectivity index is 0. The Morgan fingerprint density at radius 2 is 1.79 bits per heavy atom. The number of benzene rings is 1. The van der Waals surface area contributed by atoms with Gasteiger partial charge in [-0.05, 0) is 46.8 Å². The molecule has 0 saturated heterocycles. The molecule has 0 aliphatic carbocycles. The molecule has 0 bridgehead atoms. The van der Waals surface area contributed by atoms with Gasteiger partial charge in [-0.15, -0.1) is 0 Å². The molecule has 0 aromatic heterocycles. The quantitative estimate of drug-likeness (QED) is 0.723. The van der Waals surface area contributed by atoms with Crippen LogP contribution in [0, 0.1) is 0 Å². The monoisotopic (exact) mass is 412 g/mol. The number of carboxylic acid groups (broad SMARTS) is 1. The van der Waals surface area contributed by atoms with E-state index in [0.717, 1.165) is 16.9 Å². The lowest BCUT2D eigenvalue weighted by Crippen LogP contribution is -2.17. The predicted octanol–water partition coefficient (Wildman–Crippen LogP) is 4.06. The standard InChI is InChI=1S/C12H15NO2.C5H10O2.C3H8.CH3NO2/c1-8(2)15-11-6-4-5-9-10(11)7-13(3)12(9)14;1-5(2,3)7-4-6;1-3-2;2-1(3)4/h4-6,8H,7H2,1-3H3;4H,1-3H3;3H2,1-2H3;2H2,(H,3,4). The molecule has 2 rings (SSSR count). The lowest BCUT2D eigenvalue weighted by molar-refractivity contribution is -0.138. The van der Waals surface area contributed by atoms with Gasteiger partial charge in [-0.2, -0.15) is 0 Å². The van der Waals surface area contributed by atoms with E-state index in [1.165, 1.54) is 6.42 Å². The van der Waals surface area contributed by atoms with Crippen molar-refractivity contribution in [1.29, 1.82) is 0 Å². The lowest BCUT2D eigenvalue weighted by Gasteiger charge is -2.14. The number of rotatable bonds is 3. The molecule has 1 aromatic carbocycles. The summed E-state index contributed by atoms with van der Waals surface area (Å²) in [6, 6.07) is 5.65. The highest BCUT2D eigenvalue weighted by atomic mass is 16.5. The first-order chi connectivity index (χ1) is 13.3. The summed E-state index contributed by atoms with van der Waals surface area (Å²) in [7, 11) is 1.81. The fourth-order valence-electron chi connectivity index (χ4n) is 1.95. The number of hydrogen-bond acceptors (Lipinski definition) is 5. The second-order valence-corrected chi connectivity index (χ2v) is 7.48. The molecule has 0 radical (unpaired) electrons. The van der Waals surface area contributed by atoms with Crippen molar-refractivity contribution in [2.75, 3.05) is 7.05 Å². The molecule has 0 fully saturated rings. The molecule has 8 heteroatoms. The zero-order valence-electron chi connectivity index (χ0n) is 18.8. The summed E-state index contributed by atoms with van der Waals surface area (Å²) in [5.41, 5.74) is 5.50. The predicted molar refractivity (Wildman–Crippen MR) is 113 cm³/mol. The maximum Gasteiger partial charge on any atom is 0.402 e. The van der Waals surface area contributed by atoms with Crippen molar-refractivity contribution in [3.8, 4) is 5.75 Å². The molecule has 1 heterocycles. The first-order valence-corrected chi connectivity index (χ1v) is 9.44. The minimum atomic E-state index is -1.33. The summed E-state index contributed by atoms with van der Waals surface area (Å²) in [5.74, 6) is 0.916. The molecule has 1 aliphatic heterocycles. The van der Waals surface area contributed by atoms with Crippen LogP contribution in [-0.4, -0.2) is 47.2 Å². The number of fused-ring (bicyclic) bond motifs is 1. The van der Waals surface area contributed by atoms with Crippen LogP contribution < -0.4 is 10.5 Å². The molecule has 0 atom stereocenters. The Hall–Kier alpha value is -2.77. The smallest absolute Gasteiger partial charge is 0.402 e. The molecule has 1 aromatic rings. The maximum absolute atomic E-state index is 11.7. The van der Waals surface area contributed by atoms with Crippen LogP contribution in [0.1, 0.15) is 70.8 Å². The first-order valence-electron chi connectivity index (χ1n) is 9.44. The van der Waals surface area contributed by atoms with E-state index in [9.17, 15) is 9.59 Å². The highest BCUT2D eigenvalue weighted by Crippen LogP contribution is 2.30. The molecule has 1 aliphatic rings. The molecule has 3 N–H and O–H groups in total. The molecular formula is C21H36N2O6. The Labute approximate surface area is 174 Å². The van der Waals surface area contributed by atoms with E-state index in [0.29, 0.717) is 13.0 Å². The van der Waals surface area contributed by atoms with Gasteiger partial charge in [0.1, 0.15) is 11.4 Å². The normalized spacial score (nSPS) is 11.6. The van der Waals surface area contributed by atoms with E-state index in [-0.39, 0.29) is 17.6 Å². The SMILES string of the molecule is CC(C)(C)OC=O.CC(C)Oc1cccc2c1CN(C)C2=O.CCC.NC(=O)O. The van der Waals surface area contributed by atoms with Crippen molar-refractivity contribution in [3.63, 3.8) is 0 Å². The number of amides is 2. The second kappa shape index (κ2) is 14.3. The van der Waals surface area contributed by atoms with E-state index < -0.39 is 6.09 Å². The summed E-state index contributed by atoms with van der Waals surface area (Å²) in [6.45, 7) is 14.8. The van der Waals surface area contributed by atoms with Crippen molar-refractivity contribution in [3.05, 3.63) is 29.3 Å². The van der Waals surface area contributed by atoms with Crippen LogP contribution in [0.3, 0.4) is 0 Å². The molecule has 166 valence electrons. The molecule has 0 saturated carbocycles. The summed E-state index contributed by atoms with van der Waals surface area (Å²) in [4.78, 5) is 31.8. The van der Waals surface area contributed by atoms with Gasteiger partial charge in [-0.1, -0.05) is 26.3 Å². The van der Waals surface area contributed by atoms with Gasteiger partial charge >= 0.3 is 6.09 Å². The average molecular weight is 413 g/mol. The number of primary amides is 1. The zero-order chi connectivity index (χ0) is 23.2. The number of ether oxygens (including phenoxy) is 2. The average Bonchev–Trinajstić information content (AvgIpc) is 2.83. The summed E-state index contributed by atoms with van der Waals surface area (Å²) in [6.07, 6.45) is 0.0532. The van der Waals surface area contributed by atoms with Crippen LogP contribution in [0.2, 0.25) is 0 Å². The molecular weight excluding hydrogens is 376 g/mol. The number of carbonyl (C=O) groups is 3. The number of hydrogen-bond donors (Lipinski definition) is 2. The third kappa shape index (κ3) is 14.0. The highest BCUT2D eigenvalue weighted by molar-refractivity contribution is 5.98. The van der Waals surface area contributed by atoms with Gasteiger partial charge in [0, 0.05) is 18.2 Å². The topological polar surface area (TPSA) is 119 Å². The first kappa shape index (κ1) is 28.4. The van der Waals surface area contributed by atoms with Crippen LogP contribution in [-0.2, 0) is 16.1 Å². The van der Waals surface area contributed by atoms with Gasteiger partial charge in [0.05, 0.1) is 12.6 Å². The van der Waals surface area contributed by atoms with E-state index in [1.807, 2.05) is 59.9 Å². The van der Waals surface area contributed by atoms with E-state index in [1.54, 1.807) is 4.90 Å². The fraction of sp³-hybridized carbons (Fsp3) is 0.571. The number of nitrogens with two attached hydrogens (primary N) is 1. The van der Waals surface area contributed by atoms with Gasteiger partial charge in [0.15, 0.2) is 0 Å². The lowest BCUT2D eigenvalue weighted by atomic mass is 10.1. The second-order valence-electron chi connectivity index (χ2n) is 7.48. The molecule has 2 amide bonds. The zero-order valence-corrected chi connectivity index (χ0v) is 18.8. The summed E-state index contributed by atoms with van der Waals surface area (Å²) < 4.78 is 10.2. The molecule has 0 spiro atoms. The third-order valence-corrected chi connectivity index (χ3v) is 2.87. The van der Waals surface area contributed by atoms with Gasteiger partial charge < -0.3 is 25.2 Å². The van der Waals surface area contributed by atoms with E-state index >= 15 is 0 Å². The Kier molecular flexibility index (Phi) is 14.0. The van der Waals surface area contributed by atoms with Gasteiger partial charge in [-0.25, -0.2) is 4.79 Å². The van der Waals surface area contributed by atoms with Crippen LogP contribution >= 0.6 is 0 Å². The minimum Gasteiger partial charge on any atom is -0.491 e. The number of carbonyl (C=O) groups excluding carboxylic acids is 2. The van der Waals surface area contributed by atoms with Crippen molar-refractivity contribution in [2.45, 2.75) is 73.1 Å². The Bertz CT molecular complexity index is 635. The number of nitrogens with zero attached hydrogens (tertiary/aromatic N) is 1. The minimum absolute atomic E-state index is 0.0826. The molecule has 0 unspecified atom stereocenters. The Morgan fingerprint density at radius 3 is 2.14 bits per heavy atom. The van der Waals surface area contributed by atoms with E-state index in [2.05, 4.69) is 24.3 Å². The van der Waals surface area contributed by atoms with Crippen molar-refractivity contribution < 1.29 is 29.0 Å². The largest absolute Gasteiger partial charge is 0.491 e. The van der Waals surface area contributed by atoms with Gasteiger partial charge in [-0.3, -0.25) is 9.59 Å². The maximum atomic E-state index is 11.7. The van der Waals surface area contributed by atoms with Crippen LogP contribution in [0.25, 0.3) is 0 Å². The fourth-order valence-corrected chi connectivity index (χ4v) is 1.95. The van der Waals surface area contributed by atoms with Crippen molar-refractivity contribution >= 4 is 18.5 Å². The van der Waals surface area contributed by atoms with Crippen molar-refractivity contribution in [1.82, 2.24) is 4.90 Å². The van der Waals surface area contributed by atoms with Crippen LogP contribution in [0.4, 0.5) is 4.79 Å². The third-order valence-electron chi connectivity index (χ3n) is 2.87. The van der Waals surface area contributed by atoms with E-state index in [4.69, 9.17) is 14.6 Å². The van der Waals surface area contributed by atoms with Gasteiger partial charge in [0.2, 0.25) is 0 Å². The van der Waals surface area contributed by atoms with Crippen molar-refractivity contribution in [2.24, 2.45) is 5.73 Å². The van der Waals surface area contributed by atoms with Gasteiger partial charge in [0.25, 0.3) is 12.4 Å². The molecule has 29 heavy (non-hydrogen) atoms. The van der Waals surface area contributed by atoms with Crippen LogP contribution in [0.15, 0.2) is 18.2 Å². The summed E-state index contributed by atoms with van der Waals surface area (Å²) >= 11 is 0. The highest BCUT2D eigenvalue weighted by Gasteiger charge is 2.27. The van der Waals surface area contributed by atoms with Crippen LogP contribution in [0.5, 0.6) is 5.75 Å².